The molecule has 0 aromatic heterocycles. The standard InChI is InChI=1S/C15H32N2/c1-7-15(8-2)9-10-17(12-15)11-13(16-6)14(3,4)5/h13,16H,7-12H2,1-6H3. The van der Waals surface area contributed by atoms with Crippen LogP contribution in [0.4, 0.5) is 0 Å². The lowest BCUT2D eigenvalue weighted by atomic mass is 9.82. The number of rotatable bonds is 5. The molecule has 1 heterocycles. The van der Waals surface area contributed by atoms with Crippen LogP contribution in [0.3, 0.4) is 0 Å². The SMILES string of the molecule is CCC1(CC)CCN(CC(NC)C(C)(C)C)C1. The minimum Gasteiger partial charge on any atom is -0.315 e. The Hall–Kier alpha value is -0.0800. The smallest absolute Gasteiger partial charge is 0.0240 e. The summed E-state index contributed by atoms with van der Waals surface area (Å²) in [7, 11) is 2.10. The van der Waals surface area contributed by atoms with Gasteiger partial charge in [-0.05, 0) is 43.7 Å². The number of nitrogens with one attached hydrogen (secondary N) is 1. The van der Waals surface area contributed by atoms with Gasteiger partial charge < -0.3 is 10.2 Å². The summed E-state index contributed by atoms with van der Waals surface area (Å²) in [6, 6.07) is 0.590. The van der Waals surface area contributed by atoms with Crippen LogP contribution in [-0.2, 0) is 0 Å². The van der Waals surface area contributed by atoms with Gasteiger partial charge in [0.1, 0.15) is 0 Å². The summed E-state index contributed by atoms with van der Waals surface area (Å²) in [6.45, 7) is 15.5. The number of nitrogens with zero attached hydrogens (tertiary/aromatic N) is 1. The molecule has 0 aliphatic carbocycles. The molecule has 1 N–H and O–H groups in total. The molecule has 1 rings (SSSR count). The fourth-order valence-electron chi connectivity index (χ4n) is 3.07. The molecule has 0 saturated carbocycles. The molecular weight excluding hydrogens is 208 g/mol. The molecular formula is C15H32N2. The van der Waals surface area contributed by atoms with Gasteiger partial charge in [0.05, 0.1) is 0 Å². The Bertz CT molecular complexity index is 226. The number of likely N-dealkylation sites (N-methyl/N-ethyl adjacent to an activating group) is 1. The monoisotopic (exact) mass is 240 g/mol. The van der Waals surface area contributed by atoms with Crippen LogP contribution in [0.25, 0.3) is 0 Å². The zero-order valence-corrected chi connectivity index (χ0v) is 12.8. The van der Waals surface area contributed by atoms with Crippen LogP contribution in [0.5, 0.6) is 0 Å². The highest BCUT2D eigenvalue weighted by atomic mass is 15.2. The molecule has 0 aromatic carbocycles. The van der Waals surface area contributed by atoms with E-state index in [2.05, 4.69) is 51.9 Å². The van der Waals surface area contributed by atoms with Gasteiger partial charge in [-0.2, -0.15) is 0 Å². The highest BCUT2D eigenvalue weighted by Crippen LogP contribution is 2.37. The Balaban J connectivity index is 2.55. The topological polar surface area (TPSA) is 15.3 Å². The lowest BCUT2D eigenvalue weighted by Crippen LogP contribution is -2.47. The fourth-order valence-corrected chi connectivity index (χ4v) is 3.07. The maximum atomic E-state index is 3.49. The van der Waals surface area contributed by atoms with Gasteiger partial charge in [-0.15, -0.1) is 0 Å². The summed E-state index contributed by atoms with van der Waals surface area (Å²) in [5, 5.41) is 3.49. The molecule has 0 bridgehead atoms. The molecule has 17 heavy (non-hydrogen) atoms. The van der Waals surface area contributed by atoms with Crippen LogP contribution >= 0.6 is 0 Å². The average Bonchev–Trinajstić information content (AvgIpc) is 2.68. The first-order valence-electron chi connectivity index (χ1n) is 7.26. The molecule has 102 valence electrons. The number of hydrogen-bond acceptors (Lipinski definition) is 2. The van der Waals surface area contributed by atoms with Crippen molar-refractivity contribution in [1.82, 2.24) is 10.2 Å². The van der Waals surface area contributed by atoms with Crippen molar-refractivity contribution in [3.63, 3.8) is 0 Å². The zero-order chi connectivity index (χ0) is 13.1. The van der Waals surface area contributed by atoms with Crippen molar-refractivity contribution < 1.29 is 0 Å². The first kappa shape index (κ1) is 15.0. The van der Waals surface area contributed by atoms with Crippen LogP contribution in [0.1, 0.15) is 53.9 Å². The summed E-state index contributed by atoms with van der Waals surface area (Å²) in [5.41, 5.74) is 0.953. The minimum atomic E-state index is 0.346. The predicted octanol–water partition coefficient (Wildman–Crippen LogP) is 3.13. The fraction of sp³-hybridized carbons (Fsp3) is 1.00. The Morgan fingerprint density at radius 3 is 2.18 bits per heavy atom. The van der Waals surface area contributed by atoms with Crippen LogP contribution in [0.15, 0.2) is 0 Å². The van der Waals surface area contributed by atoms with Crippen molar-refractivity contribution in [2.45, 2.75) is 59.9 Å². The van der Waals surface area contributed by atoms with Gasteiger partial charge in [-0.3, -0.25) is 0 Å². The molecule has 1 fully saturated rings. The quantitative estimate of drug-likeness (QED) is 0.794. The van der Waals surface area contributed by atoms with Crippen LogP contribution < -0.4 is 5.32 Å². The van der Waals surface area contributed by atoms with Crippen LogP contribution in [-0.4, -0.2) is 37.6 Å². The largest absolute Gasteiger partial charge is 0.315 e. The maximum absolute atomic E-state index is 3.49. The Labute approximate surface area is 108 Å². The van der Waals surface area contributed by atoms with Gasteiger partial charge >= 0.3 is 0 Å². The van der Waals surface area contributed by atoms with E-state index in [9.17, 15) is 0 Å². The average molecular weight is 240 g/mol. The second kappa shape index (κ2) is 5.71. The highest BCUT2D eigenvalue weighted by molar-refractivity contribution is 4.91. The van der Waals surface area contributed by atoms with Crippen LogP contribution in [0, 0.1) is 10.8 Å². The molecule has 0 radical (unpaired) electrons. The third-order valence-electron chi connectivity index (χ3n) is 4.85. The van der Waals surface area contributed by atoms with E-state index in [0.29, 0.717) is 16.9 Å². The van der Waals surface area contributed by atoms with E-state index in [0.717, 1.165) is 0 Å². The summed E-state index contributed by atoms with van der Waals surface area (Å²) >= 11 is 0. The Morgan fingerprint density at radius 2 is 1.82 bits per heavy atom. The minimum absolute atomic E-state index is 0.346. The van der Waals surface area contributed by atoms with Crippen molar-refractivity contribution >= 4 is 0 Å². The molecule has 1 aliphatic heterocycles. The molecule has 1 unspecified atom stereocenters. The first-order chi connectivity index (χ1) is 7.87. The second-order valence-corrected chi connectivity index (χ2v) is 6.90. The molecule has 1 atom stereocenters. The molecule has 0 amide bonds. The normalized spacial score (nSPS) is 22.9. The van der Waals surface area contributed by atoms with Crippen molar-refractivity contribution in [2.75, 3.05) is 26.7 Å². The van der Waals surface area contributed by atoms with Gasteiger partial charge in [0.25, 0.3) is 0 Å². The Morgan fingerprint density at radius 1 is 1.24 bits per heavy atom. The van der Waals surface area contributed by atoms with Gasteiger partial charge in [0, 0.05) is 19.1 Å². The lowest BCUT2D eigenvalue weighted by molar-refractivity contribution is 0.179. The van der Waals surface area contributed by atoms with E-state index in [-0.39, 0.29) is 0 Å². The van der Waals surface area contributed by atoms with E-state index < -0.39 is 0 Å². The van der Waals surface area contributed by atoms with Gasteiger partial charge in [0.2, 0.25) is 0 Å². The van der Waals surface area contributed by atoms with Crippen LogP contribution in [0.2, 0.25) is 0 Å². The number of likely N-dealkylation sites (tertiary alicyclic amines) is 1. The Kier molecular flexibility index (Phi) is 5.03. The van der Waals surface area contributed by atoms with E-state index in [4.69, 9.17) is 0 Å². The van der Waals surface area contributed by atoms with Crippen molar-refractivity contribution in [3.05, 3.63) is 0 Å². The number of hydrogen-bond donors (Lipinski definition) is 1. The van der Waals surface area contributed by atoms with E-state index in [1.165, 1.54) is 38.9 Å². The van der Waals surface area contributed by atoms with Crippen molar-refractivity contribution in [1.29, 1.82) is 0 Å². The van der Waals surface area contributed by atoms with E-state index in [1.54, 1.807) is 0 Å². The third-order valence-corrected chi connectivity index (χ3v) is 4.85. The molecule has 0 spiro atoms. The van der Waals surface area contributed by atoms with Gasteiger partial charge in [-0.25, -0.2) is 0 Å². The van der Waals surface area contributed by atoms with Gasteiger partial charge in [-0.1, -0.05) is 34.6 Å². The third kappa shape index (κ3) is 3.69. The summed E-state index contributed by atoms with van der Waals surface area (Å²) < 4.78 is 0. The lowest BCUT2D eigenvalue weighted by Gasteiger charge is -2.34. The van der Waals surface area contributed by atoms with E-state index in [1.807, 2.05) is 0 Å². The predicted molar refractivity (Wildman–Crippen MR) is 76.4 cm³/mol. The molecule has 1 saturated heterocycles. The molecule has 0 aromatic rings. The first-order valence-corrected chi connectivity index (χ1v) is 7.26. The summed E-state index contributed by atoms with van der Waals surface area (Å²) in [4.78, 5) is 2.67. The highest BCUT2D eigenvalue weighted by Gasteiger charge is 2.36. The van der Waals surface area contributed by atoms with Crippen molar-refractivity contribution in [3.8, 4) is 0 Å². The maximum Gasteiger partial charge on any atom is 0.0240 e. The molecule has 2 heteroatoms. The second-order valence-electron chi connectivity index (χ2n) is 6.90. The molecule has 1 aliphatic rings. The zero-order valence-electron chi connectivity index (χ0n) is 12.8. The van der Waals surface area contributed by atoms with E-state index >= 15 is 0 Å². The molecule has 2 nitrogen and oxygen atoms in total. The van der Waals surface area contributed by atoms with Gasteiger partial charge in [0.15, 0.2) is 0 Å². The summed E-state index contributed by atoms with van der Waals surface area (Å²) in [5.74, 6) is 0. The van der Waals surface area contributed by atoms with Crippen molar-refractivity contribution in [2.24, 2.45) is 10.8 Å². The summed E-state index contributed by atoms with van der Waals surface area (Å²) in [6.07, 6.45) is 4.06.